The van der Waals surface area contributed by atoms with E-state index in [0.29, 0.717) is 19.3 Å². The third-order valence-electron chi connectivity index (χ3n) is 3.85. The van der Waals surface area contributed by atoms with E-state index in [1.54, 1.807) is 6.92 Å². The number of carbonyl (C=O) groups is 2. The molecule has 110 valence electrons. The number of carboxylic acids is 1. The van der Waals surface area contributed by atoms with Crippen molar-refractivity contribution in [3.63, 3.8) is 0 Å². The fourth-order valence-electron chi connectivity index (χ4n) is 2.78. The Labute approximate surface area is 114 Å². The highest BCUT2D eigenvalue weighted by molar-refractivity contribution is 5.84. The van der Waals surface area contributed by atoms with Crippen LogP contribution in [0.3, 0.4) is 0 Å². The van der Waals surface area contributed by atoms with Gasteiger partial charge in [0, 0.05) is 6.54 Å². The van der Waals surface area contributed by atoms with Gasteiger partial charge in [-0.1, -0.05) is 26.2 Å². The molecule has 3 unspecified atom stereocenters. The van der Waals surface area contributed by atoms with Crippen molar-refractivity contribution in [3.8, 4) is 0 Å². The number of nitrogens with one attached hydrogen (secondary N) is 1. The number of hydrogen-bond acceptors (Lipinski definition) is 3. The lowest BCUT2D eigenvalue weighted by Gasteiger charge is -2.29. The van der Waals surface area contributed by atoms with Gasteiger partial charge in [0.15, 0.2) is 0 Å². The second kappa shape index (κ2) is 6.89. The van der Waals surface area contributed by atoms with Gasteiger partial charge in [-0.25, -0.2) is 0 Å². The minimum atomic E-state index is -0.919. The van der Waals surface area contributed by atoms with Crippen LogP contribution in [0.25, 0.3) is 0 Å². The van der Waals surface area contributed by atoms with Crippen molar-refractivity contribution in [2.24, 2.45) is 11.8 Å². The Morgan fingerprint density at radius 2 is 1.84 bits per heavy atom. The zero-order valence-corrected chi connectivity index (χ0v) is 11.8. The summed E-state index contributed by atoms with van der Waals surface area (Å²) in [6.07, 6.45) is 4.41. The van der Waals surface area contributed by atoms with Crippen LogP contribution in [-0.2, 0) is 9.59 Å². The van der Waals surface area contributed by atoms with Crippen LogP contribution in [0.4, 0.5) is 0 Å². The quantitative estimate of drug-likeness (QED) is 0.684. The first-order chi connectivity index (χ1) is 8.87. The molecule has 0 spiro atoms. The molecule has 1 saturated carbocycles. The van der Waals surface area contributed by atoms with Gasteiger partial charge < -0.3 is 15.5 Å². The molecule has 3 N–H and O–H groups in total. The number of aliphatic hydroxyl groups is 1. The van der Waals surface area contributed by atoms with E-state index in [-0.39, 0.29) is 12.5 Å². The molecule has 0 saturated heterocycles. The molecule has 0 bridgehead atoms. The van der Waals surface area contributed by atoms with Crippen LogP contribution in [-0.4, -0.2) is 34.2 Å². The molecule has 0 aromatic carbocycles. The maximum atomic E-state index is 12.1. The Kier molecular flexibility index (Phi) is 5.79. The van der Waals surface area contributed by atoms with E-state index >= 15 is 0 Å². The Hall–Kier alpha value is -1.10. The fourth-order valence-corrected chi connectivity index (χ4v) is 2.78. The molecule has 1 amide bonds. The number of hydrogen-bond donors (Lipinski definition) is 3. The van der Waals surface area contributed by atoms with E-state index in [9.17, 15) is 14.7 Å². The summed E-state index contributed by atoms with van der Waals surface area (Å²) in [6.45, 7) is 3.84. The van der Waals surface area contributed by atoms with Gasteiger partial charge in [-0.15, -0.1) is 0 Å². The van der Waals surface area contributed by atoms with Crippen molar-refractivity contribution in [1.82, 2.24) is 5.32 Å². The highest BCUT2D eigenvalue weighted by Gasteiger charge is 2.36. The molecule has 0 heterocycles. The van der Waals surface area contributed by atoms with Crippen molar-refractivity contribution < 1.29 is 19.8 Å². The van der Waals surface area contributed by atoms with Crippen LogP contribution in [0, 0.1) is 11.8 Å². The van der Waals surface area contributed by atoms with Crippen LogP contribution < -0.4 is 5.32 Å². The van der Waals surface area contributed by atoms with Crippen LogP contribution in [0.1, 0.15) is 52.4 Å². The van der Waals surface area contributed by atoms with Gasteiger partial charge in [-0.05, 0) is 26.2 Å². The summed E-state index contributed by atoms with van der Waals surface area (Å²) in [5, 5.41) is 21.9. The number of aliphatic carboxylic acids is 1. The first kappa shape index (κ1) is 16.0. The summed E-state index contributed by atoms with van der Waals surface area (Å²) in [5.41, 5.74) is -0.919. The zero-order valence-electron chi connectivity index (χ0n) is 11.8. The van der Waals surface area contributed by atoms with E-state index in [1.165, 1.54) is 0 Å². The van der Waals surface area contributed by atoms with E-state index in [0.717, 1.165) is 19.3 Å². The normalized spacial score (nSPS) is 26.5. The first-order valence-corrected chi connectivity index (χ1v) is 7.10. The minimum absolute atomic E-state index is 0.183. The topological polar surface area (TPSA) is 86.6 Å². The van der Waals surface area contributed by atoms with Gasteiger partial charge in [0.1, 0.15) is 0 Å². The summed E-state index contributed by atoms with van der Waals surface area (Å²) in [7, 11) is 0. The average Bonchev–Trinajstić information content (AvgIpc) is 2.36. The van der Waals surface area contributed by atoms with Gasteiger partial charge in [0.2, 0.25) is 5.91 Å². The molecule has 0 aromatic rings. The second-order valence-electron chi connectivity index (χ2n) is 5.80. The number of carboxylic acid groups (broad SMARTS) is 1. The van der Waals surface area contributed by atoms with E-state index in [2.05, 4.69) is 5.32 Å². The van der Waals surface area contributed by atoms with Crippen molar-refractivity contribution in [2.45, 2.75) is 58.0 Å². The third-order valence-corrected chi connectivity index (χ3v) is 3.85. The lowest BCUT2D eigenvalue weighted by molar-refractivity contribution is -0.149. The van der Waals surface area contributed by atoms with Gasteiger partial charge >= 0.3 is 5.97 Å². The van der Waals surface area contributed by atoms with E-state index < -0.39 is 23.4 Å². The molecule has 5 nitrogen and oxygen atoms in total. The van der Waals surface area contributed by atoms with E-state index in [4.69, 9.17) is 5.11 Å². The van der Waals surface area contributed by atoms with Gasteiger partial charge in [0.05, 0.1) is 17.4 Å². The van der Waals surface area contributed by atoms with Crippen molar-refractivity contribution in [1.29, 1.82) is 0 Å². The second-order valence-corrected chi connectivity index (χ2v) is 5.80. The number of rotatable bonds is 6. The molecule has 19 heavy (non-hydrogen) atoms. The highest BCUT2D eigenvalue weighted by atomic mass is 16.4. The van der Waals surface area contributed by atoms with Crippen LogP contribution >= 0.6 is 0 Å². The Balaban J connectivity index is 2.54. The van der Waals surface area contributed by atoms with Crippen molar-refractivity contribution in [2.75, 3.05) is 6.54 Å². The molecule has 5 heteroatoms. The van der Waals surface area contributed by atoms with Crippen LogP contribution in [0.5, 0.6) is 0 Å². The smallest absolute Gasteiger partial charge is 0.307 e. The fraction of sp³-hybridized carbons (Fsp3) is 0.857. The molecule has 3 atom stereocenters. The molecule has 0 aliphatic heterocycles. The zero-order chi connectivity index (χ0) is 14.5. The maximum Gasteiger partial charge on any atom is 0.307 e. The number of amides is 1. The Bertz CT molecular complexity index is 327. The molecular formula is C14H25NO4. The minimum Gasteiger partial charge on any atom is -0.481 e. The average molecular weight is 271 g/mol. The summed E-state index contributed by atoms with van der Waals surface area (Å²) in [6, 6.07) is 0. The van der Waals surface area contributed by atoms with Gasteiger partial charge in [-0.2, -0.15) is 0 Å². The Morgan fingerprint density at radius 1 is 1.26 bits per heavy atom. The monoisotopic (exact) mass is 271 g/mol. The molecule has 0 aromatic heterocycles. The molecule has 0 radical (unpaired) electrons. The molecular weight excluding hydrogens is 246 g/mol. The van der Waals surface area contributed by atoms with Gasteiger partial charge in [0.25, 0.3) is 0 Å². The molecule has 1 aliphatic carbocycles. The highest BCUT2D eigenvalue weighted by Crippen LogP contribution is 2.30. The van der Waals surface area contributed by atoms with Crippen molar-refractivity contribution >= 4 is 11.9 Å². The van der Waals surface area contributed by atoms with Gasteiger partial charge in [-0.3, -0.25) is 9.59 Å². The lowest BCUT2D eigenvalue weighted by atomic mass is 9.78. The standard InChI is InChI=1S/C14H25NO4/c1-3-8-14(2,19)9-15-12(16)10-6-4-5-7-11(10)13(17)18/h10-11,19H,3-9H2,1-2H3,(H,15,16)(H,17,18). The molecule has 1 fully saturated rings. The third kappa shape index (κ3) is 4.82. The lowest BCUT2D eigenvalue weighted by Crippen LogP contribution is -2.45. The first-order valence-electron chi connectivity index (χ1n) is 7.10. The summed E-state index contributed by atoms with van der Waals surface area (Å²) in [5.74, 6) is -2.16. The summed E-state index contributed by atoms with van der Waals surface area (Å²) >= 11 is 0. The molecule has 1 aliphatic rings. The Morgan fingerprint density at radius 3 is 2.37 bits per heavy atom. The van der Waals surface area contributed by atoms with Crippen LogP contribution in [0.15, 0.2) is 0 Å². The van der Waals surface area contributed by atoms with Crippen molar-refractivity contribution in [3.05, 3.63) is 0 Å². The predicted octanol–water partition coefficient (Wildman–Crippen LogP) is 1.54. The maximum absolute atomic E-state index is 12.1. The molecule has 1 rings (SSSR count). The largest absolute Gasteiger partial charge is 0.481 e. The number of carbonyl (C=O) groups excluding carboxylic acids is 1. The summed E-state index contributed by atoms with van der Waals surface area (Å²) in [4.78, 5) is 23.2. The predicted molar refractivity (Wildman–Crippen MR) is 71.6 cm³/mol. The van der Waals surface area contributed by atoms with E-state index in [1.807, 2.05) is 6.92 Å². The SMILES string of the molecule is CCCC(C)(O)CNC(=O)C1CCCCC1C(=O)O. The van der Waals surface area contributed by atoms with Crippen LogP contribution in [0.2, 0.25) is 0 Å². The summed E-state index contributed by atoms with van der Waals surface area (Å²) < 4.78 is 0.